The van der Waals surface area contributed by atoms with Crippen LogP contribution in [-0.2, 0) is 5.75 Å². The van der Waals surface area contributed by atoms with Crippen molar-refractivity contribution >= 4 is 29.3 Å². The van der Waals surface area contributed by atoms with Crippen LogP contribution in [0.3, 0.4) is 0 Å². The Kier molecular flexibility index (Phi) is 4.63. The van der Waals surface area contributed by atoms with Gasteiger partial charge >= 0.3 is 0 Å². The van der Waals surface area contributed by atoms with Crippen molar-refractivity contribution < 1.29 is 4.42 Å². The lowest BCUT2D eigenvalue weighted by Gasteiger charge is -2.18. The van der Waals surface area contributed by atoms with E-state index in [0.717, 1.165) is 29.9 Å². The second-order valence-corrected chi connectivity index (χ2v) is 7.17. The number of aryl methyl sites for hydroxylation is 1. The molecule has 130 valence electrons. The molecule has 0 radical (unpaired) electrons. The van der Waals surface area contributed by atoms with Gasteiger partial charge in [-0.1, -0.05) is 29.4 Å². The van der Waals surface area contributed by atoms with Gasteiger partial charge < -0.3 is 9.32 Å². The minimum absolute atomic E-state index is 0.541. The number of aromatic nitrogens is 5. The van der Waals surface area contributed by atoms with Crippen LogP contribution in [0.5, 0.6) is 0 Å². The molecular weight excluding hydrogens is 360 g/mol. The first-order chi connectivity index (χ1) is 12.2. The Morgan fingerprint density at radius 2 is 2.00 bits per heavy atom. The maximum Gasteiger partial charge on any atom is 0.232 e. The standard InChI is InChI=1S/C16H17ClN6OS/c1-11-18-19-14(24-11)10-25-16-21-20-15(22-7-2-3-8-22)23(16)13-6-4-5-12(17)9-13/h4-6,9H,2-3,7-8,10H2,1H3. The molecule has 0 amide bonds. The van der Waals surface area contributed by atoms with E-state index in [1.807, 2.05) is 28.8 Å². The molecule has 1 aliphatic rings. The summed E-state index contributed by atoms with van der Waals surface area (Å²) in [5.41, 5.74) is 0.948. The predicted molar refractivity (Wildman–Crippen MR) is 96.4 cm³/mol. The molecule has 0 aliphatic carbocycles. The summed E-state index contributed by atoms with van der Waals surface area (Å²) in [5, 5.41) is 18.2. The van der Waals surface area contributed by atoms with Crippen molar-refractivity contribution in [2.45, 2.75) is 30.7 Å². The average molecular weight is 377 g/mol. The predicted octanol–water partition coefficient (Wildman–Crippen LogP) is 3.50. The maximum absolute atomic E-state index is 6.19. The van der Waals surface area contributed by atoms with Crippen molar-refractivity contribution in [2.24, 2.45) is 0 Å². The topological polar surface area (TPSA) is 72.9 Å². The van der Waals surface area contributed by atoms with Crippen LogP contribution in [0.4, 0.5) is 5.95 Å². The monoisotopic (exact) mass is 376 g/mol. The third-order valence-corrected chi connectivity index (χ3v) is 5.11. The molecule has 3 aromatic rings. The van der Waals surface area contributed by atoms with Crippen molar-refractivity contribution in [3.63, 3.8) is 0 Å². The van der Waals surface area contributed by atoms with Gasteiger partial charge in [-0.25, -0.2) is 0 Å². The van der Waals surface area contributed by atoms with Gasteiger partial charge in [0.05, 0.1) is 11.4 Å². The molecule has 1 fully saturated rings. The third kappa shape index (κ3) is 3.50. The summed E-state index contributed by atoms with van der Waals surface area (Å²) in [5.74, 6) is 2.53. The molecule has 1 saturated heterocycles. The minimum Gasteiger partial charge on any atom is -0.425 e. The lowest BCUT2D eigenvalue weighted by Crippen LogP contribution is -2.22. The summed E-state index contributed by atoms with van der Waals surface area (Å²) in [6.45, 7) is 3.76. The van der Waals surface area contributed by atoms with E-state index in [0.29, 0.717) is 22.6 Å². The molecule has 0 N–H and O–H groups in total. The molecule has 7 nitrogen and oxygen atoms in total. The van der Waals surface area contributed by atoms with E-state index in [-0.39, 0.29) is 0 Å². The molecule has 0 unspecified atom stereocenters. The van der Waals surface area contributed by atoms with E-state index < -0.39 is 0 Å². The molecule has 0 atom stereocenters. The number of rotatable bonds is 5. The Bertz CT molecular complexity index is 873. The third-order valence-electron chi connectivity index (χ3n) is 3.96. The lowest BCUT2D eigenvalue weighted by atomic mass is 10.3. The molecule has 1 aliphatic heterocycles. The van der Waals surface area contributed by atoms with Gasteiger partial charge in [-0.05, 0) is 31.0 Å². The molecular formula is C16H17ClN6OS. The maximum atomic E-state index is 6.19. The van der Waals surface area contributed by atoms with Gasteiger partial charge in [-0.3, -0.25) is 4.57 Å². The van der Waals surface area contributed by atoms with Crippen molar-refractivity contribution in [3.8, 4) is 5.69 Å². The van der Waals surface area contributed by atoms with Crippen LogP contribution in [0.25, 0.3) is 5.69 Å². The van der Waals surface area contributed by atoms with Crippen LogP contribution in [0.15, 0.2) is 33.8 Å². The molecule has 0 saturated carbocycles. The first-order valence-corrected chi connectivity index (χ1v) is 9.45. The summed E-state index contributed by atoms with van der Waals surface area (Å²) >= 11 is 7.71. The fourth-order valence-electron chi connectivity index (χ4n) is 2.84. The van der Waals surface area contributed by atoms with Crippen LogP contribution >= 0.6 is 23.4 Å². The van der Waals surface area contributed by atoms with Crippen molar-refractivity contribution in [3.05, 3.63) is 41.1 Å². The first-order valence-electron chi connectivity index (χ1n) is 8.09. The molecule has 25 heavy (non-hydrogen) atoms. The van der Waals surface area contributed by atoms with E-state index in [1.165, 1.54) is 24.6 Å². The zero-order valence-corrected chi connectivity index (χ0v) is 15.3. The molecule has 9 heteroatoms. The molecule has 0 spiro atoms. The summed E-state index contributed by atoms with van der Waals surface area (Å²) in [6, 6.07) is 7.72. The van der Waals surface area contributed by atoms with E-state index in [4.69, 9.17) is 16.0 Å². The number of halogens is 1. The molecule has 3 heterocycles. The first kappa shape index (κ1) is 16.4. The van der Waals surface area contributed by atoms with Gasteiger partial charge in [-0.15, -0.1) is 20.4 Å². The van der Waals surface area contributed by atoms with Crippen molar-refractivity contribution in [1.82, 2.24) is 25.0 Å². The summed E-state index contributed by atoms with van der Waals surface area (Å²) < 4.78 is 7.49. The number of thioether (sulfide) groups is 1. The van der Waals surface area contributed by atoms with Gasteiger partial charge in [0.15, 0.2) is 5.16 Å². The SMILES string of the molecule is Cc1nnc(CSc2nnc(N3CCCC3)n2-c2cccc(Cl)c2)o1. The Labute approximate surface area is 154 Å². The van der Waals surface area contributed by atoms with Crippen molar-refractivity contribution in [1.29, 1.82) is 0 Å². The van der Waals surface area contributed by atoms with Gasteiger partial charge in [0.2, 0.25) is 17.7 Å². The second kappa shape index (κ2) is 7.05. The Balaban J connectivity index is 1.68. The number of anilines is 1. The van der Waals surface area contributed by atoms with Crippen LogP contribution in [0.1, 0.15) is 24.6 Å². The highest BCUT2D eigenvalue weighted by atomic mass is 35.5. The highest BCUT2D eigenvalue weighted by Gasteiger charge is 2.23. The Hall–Kier alpha value is -2.06. The van der Waals surface area contributed by atoms with Gasteiger partial charge in [0, 0.05) is 25.0 Å². The zero-order valence-electron chi connectivity index (χ0n) is 13.7. The van der Waals surface area contributed by atoms with Gasteiger partial charge in [-0.2, -0.15) is 0 Å². The fraction of sp³-hybridized carbons (Fsp3) is 0.375. The second-order valence-electron chi connectivity index (χ2n) is 5.80. The molecule has 2 aromatic heterocycles. The summed E-state index contributed by atoms with van der Waals surface area (Å²) in [6.07, 6.45) is 2.35. The van der Waals surface area contributed by atoms with E-state index in [9.17, 15) is 0 Å². The lowest BCUT2D eigenvalue weighted by molar-refractivity contribution is 0.485. The summed E-state index contributed by atoms with van der Waals surface area (Å²) in [4.78, 5) is 2.26. The number of nitrogens with zero attached hydrogens (tertiary/aromatic N) is 6. The smallest absolute Gasteiger partial charge is 0.232 e. The normalized spacial score (nSPS) is 14.4. The van der Waals surface area contributed by atoms with Gasteiger partial charge in [0.25, 0.3) is 0 Å². The average Bonchev–Trinajstić information content (AvgIpc) is 3.33. The fourth-order valence-corrected chi connectivity index (χ4v) is 3.81. The minimum atomic E-state index is 0.541. The Morgan fingerprint density at radius 3 is 2.72 bits per heavy atom. The largest absolute Gasteiger partial charge is 0.425 e. The molecule has 0 bridgehead atoms. The van der Waals surface area contributed by atoms with Crippen LogP contribution in [-0.4, -0.2) is 38.1 Å². The van der Waals surface area contributed by atoms with Crippen molar-refractivity contribution in [2.75, 3.05) is 18.0 Å². The van der Waals surface area contributed by atoms with Crippen LogP contribution < -0.4 is 4.90 Å². The Morgan fingerprint density at radius 1 is 1.16 bits per heavy atom. The van der Waals surface area contributed by atoms with Crippen LogP contribution in [0, 0.1) is 6.92 Å². The highest BCUT2D eigenvalue weighted by molar-refractivity contribution is 7.98. The number of benzene rings is 1. The summed E-state index contributed by atoms with van der Waals surface area (Å²) in [7, 11) is 0. The zero-order chi connectivity index (χ0) is 17.2. The van der Waals surface area contributed by atoms with E-state index >= 15 is 0 Å². The molecule has 4 rings (SSSR count). The van der Waals surface area contributed by atoms with Gasteiger partial charge in [0.1, 0.15) is 0 Å². The van der Waals surface area contributed by atoms with E-state index in [1.54, 1.807) is 6.92 Å². The molecule has 1 aromatic carbocycles. The number of hydrogen-bond acceptors (Lipinski definition) is 7. The quantitative estimate of drug-likeness (QED) is 0.631. The highest BCUT2D eigenvalue weighted by Crippen LogP contribution is 2.30. The number of hydrogen-bond donors (Lipinski definition) is 0. The van der Waals surface area contributed by atoms with E-state index in [2.05, 4.69) is 25.3 Å². The van der Waals surface area contributed by atoms with Crippen LogP contribution in [0.2, 0.25) is 5.02 Å².